The van der Waals surface area contributed by atoms with Crippen LogP contribution in [0.5, 0.6) is 0 Å². The minimum Gasteiger partial charge on any atom is -0.545 e. The molecule has 102 valence electrons. The summed E-state index contributed by atoms with van der Waals surface area (Å²) in [6.07, 6.45) is 3.39. The molecule has 0 saturated carbocycles. The van der Waals surface area contributed by atoms with Crippen LogP contribution >= 0.6 is 12.2 Å². The molecule has 0 amide bonds. The molecule has 20 heavy (non-hydrogen) atoms. The number of nitrogens with two attached hydrogens (primary N) is 1. The van der Waals surface area contributed by atoms with Gasteiger partial charge in [-0.1, -0.05) is 12.1 Å². The van der Waals surface area contributed by atoms with Crippen molar-refractivity contribution in [3.05, 3.63) is 53.9 Å². The third-order valence-corrected chi connectivity index (χ3v) is 2.62. The third-order valence-electron chi connectivity index (χ3n) is 2.53. The van der Waals surface area contributed by atoms with Gasteiger partial charge in [-0.05, 0) is 42.0 Å². The second-order valence-corrected chi connectivity index (χ2v) is 4.31. The minimum absolute atomic E-state index is 0.0812. The molecule has 0 aliphatic carbocycles. The number of thiocarbonyl (C=S) groups is 1. The summed E-state index contributed by atoms with van der Waals surface area (Å²) in [4.78, 5) is 10.7. The Labute approximate surface area is 120 Å². The number of benzene rings is 1. The monoisotopic (exact) mass is 287 g/mol. The van der Waals surface area contributed by atoms with Gasteiger partial charge in [0.2, 0.25) is 0 Å². The van der Waals surface area contributed by atoms with Crippen molar-refractivity contribution in [2.24, 2.45) is 10.8 Å². The average Bonchev–Trinajstić information content (AvgIpc) is 2.87. The summed E-state index contributed by atoms with van der Waals surface area (Å²) in [6.45, 7) is 0. The number of nitrogens with zero attached hydrogens (tertiary/aromatic N) is 2. The lowest BCUT2D eigenvalue weighted by Crippen LogP contribution is -2.24. The van der Waals surface area contributed by atoms with Gasteiger partial charge in [0.25, 0.3) is 0 Å². The van der Waals surface area contributed by atoms with E-state index in [1.54, 1.807) is 18.3 Å². The second-order valence-electron chi connectivity index (χ2n) is 3.87. The van der Waals surface area contributed by atoms with Crippen molar-refractivity contribution < 1.29 is 9.90 Å². The maximum atomic E-state index is 10.7. The van der Waals surface area contributed by atoms with Crippen LogP contribution in [-0.2, 0) is 0 Å². The molecule has 0 atom stereocenters. The molecular formula is C13H11N4O2S-. The molecule has 1 aromatic carbocycles. The molecule has 1 heterocycles. The van der Waals surface area contributed by atoms with E-state index < -0.39 is 5.97 Å². The average molecular weight is 287 g/mol. The van der Waals surface area contributed by atoms with Gasteiger partial charge in [0.05, 0.1) is 17.9 Å². The summed E-state index contributed by atoms with van der Waals surface area (Å²) < 4.78 is 1.84. The zero-order valence-electron chi connectivity index (χ0n) is 10.3. The zero-order valence-corrected chi connectivity index (χ0v) is 11.1. The first-order valence-electron chi connectivity index (χ1n) is 5.65. The molecular weight excluding hydrogens is 276 g/mol. The van der Waals surface area contributed by atoms with E-state index in [-0.39, 0.29) is 10.7 Å². The lowest BCUT2D eigenvalue weighted by atomic mass is 10.2. The lowest BCUT2D eigenvalue weighted by molar-refractivity contribution is -0.255. The maximum Gasteiger partial charge on any atom is 0.184 e. The Morgan fingerprint density at radius 2 is 2.05 bits per heavy atom. The Morgan fingerprint density at radius 3 is 2.65 bits per heavy atom. The van der Waals surface area contributed by atoms with Crippen molar-refractivity contribution in [3.63, 3.8) is 0 Å². The Morgan fingerprint density at radius 1 is 1.35 bits per heavy atom. The van der Waals surface area contributed by atoms with Gasteiger partial charge in [-0.2, -0.15) is 5.10 Å². The summed E-state index contributed by atoms with van der Waals surface area (Å²) in [7, 11) is 0. The van der Waals surface area contributed by atoms with Crippen molar-refractivity contribution >= 4 is 29.5 Å². The van der Waals surface area contributed by atoms with Gasteiger partial charge in [-0.25, -0.2) is 0 Å². The van der Waals surface area contributed by atoms with E-state index in [1.807, 2.05) is 22.9 Å². The van der Waals surface area contributed by atoms with Crippen LogP contribution in [-0.4, -0.2) is 21.9 Å². The summed E-state index contributed by atoms with van der Waals surface area (Å²) in [6, 6.07) is 10.0. The van der Waals surface area contributed by atoms with E-state index in [9.17, 15) is 9.90 Å². The zero-order chi connectivity index (χ0) is 14.5. The van der Waals surface area contributed by atoms with Crippen molar-refractivity contribution in [1.82, 2.24) is 9.99 Å². The Bertz CT molecular complexity index is 661. The van der Waals surface area contributed by atoms with Gasteiger partial charge in [0, 0.05) is 11.9 Å². The summed E-state index contributed by atoms with van der Waals surface area (Å²) in [5.74, 6) is -1.20. The lowest BCUT2D eigenvalue weighted by Gasteiger charge is -2.08. The highest BCUT2D eigenvalue weighted by molar-refractivity contribution is 7.80. The number of rotatable bonds is 4. The Kier molecular flexibility index (Phi) is 4.11. The van der Waals surface area contributed by atoms with Crippen molar-refractivity contribution in [2.45, 2.75) is 0 Å². The number of carbonyl (C=O) groups is 1. The van der Waals surface area contributed by atoms with Crippen molar-refractivity contribution in [1.29, 1.82) is 0 Å². The third kappa shape index (κ3) is 3.21. The van der Waals surface area contributed by atoms with Crippen LogP contribution in [0.1, 0.15) is 16.1 Å². The fourth-order valence-corrected chi connectivity index (χ4v) is 1.71. The molecule has 7 heteroatoms. The molecule has 2 rings (SSSR count). The normalized spacial score (nSPS) is 10.6. The quantitative estimate of drug-likeness (QED) is 0.469. The number of nitrogens with one attached hydrogen (secondary N) is 1. The van der Waals surface area contributed by atoms with E-state index in [2.05, 4.69) is 22.7 Å². The van der Waals surface area contributed by atoms with E-state index >= 15 is 0 Å². The molecule has 0 saturated heterocycles. The summed E-state index contributed by atoms with van der Waals surface area (Å²) in [5, 5.41) is 14.7. The van der Waals surface area contributed by atoms with Gasteiger partial charge in [-0.15, -0.1) is 0 Å². The number of carboxylic acids is 1. The molecule has 6 nitrogen and oxygen atoms in total. The number of carboxylic acid groups (broad SMARTS) is 1. The molecule has 2 aromatic rings. The van der Waals surface area contributed by atoms with Crippen LogP contribution in [0, 0.1) is 0 Å². The summed E-state index contributed by atoms with van der Waals surface area (Å²) in [5.41, 5.74) is 9.45. The fourth-order valence-electron chi connectivity index (χ4n) is 1.65. The number of hydrazone groups is 1. The first-order chi connectivity index (χ1) is 9.58. The predicted molar refractivity (Wildman–Crippen MR) is 77.6 cm³/mol. The largest absolute Gasteiger partial charge is 0.545 e. The predicted octanol–water partition coefficient (Wildman–Crippen LogP) is 0.00790. The molecule has 3 N–H and O–H groups in total. The standard InChI is InChI=1S/C13H12N4O2S/c14-13(20)16-15-8-11-2-1-7-17(11)10-5-3-9(4-6-10)12(18)19/h1-8H,(H,18,19)(H3,14,16,20)/p-1/b15-8-. The molecule has 0 aliphatic heterocycles. The number of hydrogen-bond donors (Lipinski definition) is 2. The van der Waals surface area contributed by atoms with Crippen LogP contribution < -0.4 is 16.3 Å². The maximum absolute atomic E-state index is 10.7. The Balaban J connectivity index is 2.25. The van der Waals surface area contributed by atoms with Crippen molar-refractivity contribution in [2.75, 3.05) is 0 Å². The number of aromatic nitrogens is 1. The molecule has 0 bridgehead atoms. The number of aromatic carboxylic acids is 1. The Hall–Kier alpha value is -2.67. The minimum atomic E-state index is -1.20. The van der Waals surface area contributed by atoms with Gasteiger partial charge in [0.1, 0.15) is 0 Å². The number of hydrogen-bond acceptors (Lipinski definition) is 4. The highest BCUT2D eigenvalue weighted by Crippen LogP contribution is 2.12. The van der Waals surface area contributed by atoms with E-state index in [1.165, 1.54) is 12.1 Å². The van der Waals surface area contributed by atoms with Gasteiger partial charge < -0.3 is 20.2 Å². The molecule has 0 unspecified atom stereocenters. The first kappa shape index (κ1) is 13.8. The van der Waals surface area contributed by atoms with Crippen LogP contribution in [0.3, 0.4) is 0 Å². The first-order valence-corrected chi connectivity index (χ1v) is 6.06. The molecule has 0 spiro atoms. The number of carbonyl (C=O) groups excluding carboxylic acids is 1. The van der Waals surface area contributed by atoms with Crippen LogP contribution in [0.4, 0.5) is 0 Å². The molecule has 0 fully saturated rings. The van der Waals surface area contributed by atoms with Crippen molar-refractivity contribution in [3.8, 4) is 5.69 Å². The highest BCUT2D eigenvalue weighted by Gasteiger charge is 2.01. The highest BCUT2D eigenvalue weighted by atomic mass is 32.1. The van der Waals surface area contributed by atoms with Gasteiger partial charge >= 0.3 is 0 Å². The topological polar surface area (TPSA) is 95.5 Å². The molecule has 0 aliphatic rings. The van der Waals surface area contributed by atoms with E-state index in [0.717, 1.165) is 11.4 Å². The van der Waals surface area contributed by atoms with Gasteiger partial charge in [0.15, 0.2) is 5.11 Å². The SMILES string of the molecule is NC(=S)N/N=C\c1cccn1-c1ccc(C(=O)[O-])cc1. The smallest absolute Gasteiger partial charge is 0.184 e. The fraction of sp³-hybridized carbons (Fsp3) is 0. The van der Waals surface area contributed by atoms with Crippen LogP contribution in [0.2, 0.25) is 0 Å². The molecule has 1 aromatic heterocycles. The molecule has 0 radical (unpaired) electrons. The van der Waals surface area contributed by atoms with Gasteiger partial charge in [-0.3, -0.25) is 5.43 Å². The summed E-state index contributed by atoms with van der Waals surface area (Å²) >= 11 is 4.64. The van der Waals surface area contributed by atoms with E-state index in [4.69, 9.17) is 5.73 Å². The van der Waals surface area contributed by atoms with Crippen LogP contribution in [0.25, 0.3) is 5.69 Å². The second kappa shape index (κ2) is 5.98. The van der Waals surface area contributed by atoms with E-state index in [0.29, 0.717) is 0 Å². The van der Waals surface area contributed by atoms with Crippen LogP contribution in [0.15, 0.2) is 47.7 Å².